The molecule has 1 aromatic heterocycles. The minimum Gasteiger partial charge on any atom is -0.481 e. The average Bonchev–Trinajstić information content (AvgIpc) is 2.83. The van der Waals surface area contributed by atoms with E-state index in [0.717, 1.165) is 5.76 Å². The van der Waals surface area contributed by atoms with E-state index in [1.807, 2.05) is 31.2 Å². The second-order valence-electron chi connectivity index (χ2n) is 5.20. The molecule has 1 aliphatic carbocycles. The lowest BCUT2D eigenvalue weighted by Crippen LogP contribution is -2.39. The van der Waals surface area contributed by atoms with Crippen LogP contribution in [0.4, 0.5) is 0 Å². The summed E-state index contributed by atoms with van der Waals surface area (Å²) in [6, 6.07) is 3.67. The van der Waals surface area contributed by atoms with E-state index in [9.17, 15) is 14.7 Å². The summed E-state index contributed by atoms with van der Waals surface area (Å²) in [6.45, 7) is 2.21. The average molecular weight is 277 g/mol. The molecule has 2 atom stereocenters. The second-order valence-corrected chi connectivity index (χ2v) is 5.20. The third-order valence-electron chi connectivity index (χ3n) is 3.63. The maximum Gasteiger partial charge on any atom is 0.307 e. The van der Waals surface area contributed by atoms with Gasteiger partial charge in [-0.15, -0.1) is 0 Å². The van der Waals surface area contributed by atoms with Crippen molar-refractivity contribution < 1.29 is 19.1 Å². The largest absolute Gasteiger partial charge is 0.481 e. The van der Waals surface area contributed by atoms with Crippen molar-refractivity contribution in [2.24, 2.45) is 11.8 Å². The molecule has 0 spiro atoms. The van der Waals surface area contributed by atoms with Crippen molar-refractivity contribution in [1.82, 2.24) is 4.90 Å². The van der Waals surface area contributed by atoms with E-state index < -0.39 is 17.8 Å². The van der Waals surface area contributed by atoms with Gasteiger partial charge in [-0.25, -0.2) is 0 Å². The zero-order chi connectivity index (χ0) is 14.7. The van der Waals surface area contributed by atoms with E-state index in [0.29, 0.717) is 25.1 Å². The molecule has 5 nitrogen and oxygen atoms in total. The molecule has 108 valence electrons. The highest BCUT2D eigenvalue weighted by Crippen LogP contribution is 2.28. The Kier molecular flexibility index (Phi) is 4.27. The Morgan fingerprint density at radius 1 is 1.30 bits per heavy atom. The molecule has 1 amide bonds. The summed E-state index contributed by atoms with van der Waals surface area (Å²) in [5.41, 5.74) is 0. The van der Waals surface area contributed by atoms with Crippen molar-refractivity contribution in [2.45, 2.75) is 26.3 Å². The van der Waals surface area contributed by atoms with Crippen LogP contribution in [-0.2, 0) is 16.1 Å². The molecule has 0 unspecified atom stereocenters. The van der Waals surface area contributed by atoms with Gasteiger partial charge in [0.15, 0.2) is 0 Å². The van der Waals surface area contributed by atoms with Crippen LogP contribution in [0.1, 0.15) is 24.4 Å². The first-order valence-electron chi connectivity index (χ1n) is 6.67. The van der Waals surface area contributed by atoms with Crippen LogP contribution in [0.25, 0.3) is 0 Å². The number of hydrogen-bond donors (Lipinski definition) is 1. The quantitative estimate of drug-likeness (QED) is 0.857. The van der Waals surface area contributed by atoms with Gasteiger partial charge in [0.05, 0.1) is 18.4 Å². The molecule has 1 heterocycles. The van der Waals surface area contributed by atoms with Gasteiger partial charge in [0.2, 0.25) is 5.91 Å². The number of furan rings is 1. The first-order valence-corrected chi connectivity index (χ1v) is 6.67. The topological polar surface area (TPSA) is 70.8 Å². The maximum atomic E-state index is 12.4. The Labute approximate surface area is 117 Å². The van der Waals surface area contributed by atoms with Gasteiger partial charge < -0.3 is 14.4 Å². The number of carboxylic acid groups (broad SMARTS) is 1. The van der Waals surface area contributed by atoms with E-state index >= 15 is 0 Å². The van der Waals surface area contributed by atoms with Crippen molar-refractivity contribution in [3.63, 3.8) is 0 Å². The highest BCUT2D eigenvalue weighted by Gasteiger charge is 2.35. The number of aryl methyl sites for hydroxylation is 1. The number of allylic oxidation sites excluding steroid dienone is 2. The SMILES string of the molecule is Cc1ccc(CN(C)C(=O)[C@@H]2CC=CC[C@@H]2C(=O)O)o1. The summed E-state index contributed by atoms with van der Waals surface area (Å²) in [5, 5.41) is 9.21. The van der Waals surface area contributed by atoms with Crippen molar-refractivity contribution >= 4 is 11.9 Å². The molecular weight excluding hydrogens is 258 g/mol. The summed E-state index contributed by atoms with van der Waals surface area (Å²) in [7, 11) is 1.68. The predicted octanol–water partition coefficient (Wildman–Crippen LogP) is 2.21. The molecule has 2 rings (SSSR count). The standard InChI is InChI=1S/C15H19NO4/c1-10-7-8-11(20-10)9-16(2)14(17)12-5-3-4-6-13(12)15(18)19/h3-4,7-8,12-13H,5-6,9H2,1-2H3,(H,18,19)/t12-,13+/m1/s1. The van der Waals surface area contributed by atoms with Crippen LogP contribution in [0.5, 0.6) is 0 Å². The lowest BCUT2D eigenvalue weighted by molar-refractivity contribution is -0.150. The van der Waals surface area contributed by atoms with Gasteiger partial charge in [-0.1, -0.05) is 12.2 Å². The molecule has 20 heavy (non-hydrogen) atoms. The van der Waals surface area contributed by atoms with Crippen molar-refractivity contribution in [1.29, 1.82) is 0 Å². The normalized spacial score (nSPS) is 21.7. The number of carboxylic acids is 1. The van der Waals surface area contributed by atoms with Crippen LogP contribution >= 0.6 is 0 Å². The van der Waals surface area contributed by atoms with Crippen molar-refractivity contribution in [2.75, 3.05) is 7.05 Å². The van der Waals surface area contributed by atoms with Crippen molar-refractivity contribution in [3.8, 4) is 0 Å². The summed E-state index contributed by atoms with van der Waals surface area (Å²) < 4.78 is 5.44. The molecular formula is C15H19NO4. The van der Waals surface area contributed by atoms with Crippen LogP contribution in [0.15, 0.2) is 28.7 Å². The molecule has 0 radical (unpaired) electrons. The highest BCUT2D eigenvalue weighted by molar-refractivity contribution is 5.85. The van der Waals surface area contributed by atoms with Crippen LogP contribution in [0, 0.1) is 18.8 Å². The molecule has 0 saturated carbocycles. The molecule has 0 aromatic carbocycles. The zero-order valence-electron chi connectivity index (χ0n) is 11.7. The van der Waals surface area contributed by atoms with Gasteiger partial charge in [-0.2, -0.15) is 0 Å². The molecule has 1 N–H and O–H groups in total. The fourth-order valence-electron chi connectivity index (χ4n) is 2.52. The van der Waals surface area contributed by atoms with E-state index in [1.54, 1.807) is 7.05 Å². The highest BCUT2D eigenvalue weighted by atomic mass is 16.4. The van der Waals surface area contributed by atoms with Crippen molar-refractivity contribution in [3.05, 3.63) is 35.8 Å². The first-order chi connectivity index (χ1) is 9.49. The molecule has 0 saturated heterocycles. The van der Waals surface area contributed by atoms with Gasteiger partial charge in [0.25, 0.3) is 0 Å². The molecule has 0 bridgehead atoms. The minimum atomic E-state index is -0.907. The number of carbonyl (C=O) groups excluding carboxylic acids is 1. The second kappa shape index (κ2) is 5.94. The van der Waals surface area contributed by atoms with Crippen LogP contribution in [0.3, 0.4) is 0 Å². The van der Waals surface area contributed by atoms with E-state index in [1.165, 1.54) is 4.90 Å². The minimum absolute atomic E-state index is 0.143. The Morgan fingerprint density at radius 3 is 2.50 bits per heavy atom. The Hall–Kier alpha value is -2.04. The van der Waals surface area contributed by atoms with Crippen LogP contribution < -0.4 is 0 Å². The van der Waals surface area contributed by atoms with Gasteiger partial charge in [-0.3, -0.25) is 9.59 Å². The van der Waals surface area contributed by atoms with Crippen LogP contribution in [-0.4, -0.2) is 28.9 Å². The molecule has 1 aromatic rings. The lowest BCUT2D eigenvalue weighted by Gasteiger charge is -2.28. The van der Waals surface area contributed by atoms with Gasteiger partial charge in [-0.05, 0) is 31.9 Å². The number of rotatable bonds is 4. The summed E-state index contributed by atoms with van der Waals surface area (Å²) in [6.07, 6.45) is 4.61. The van der Waals surface area contributed by atoms with E-state index in [-0.39, 0.29) is 5.91 Å². The number of nitrogens with zero attached hydrogens (tertiary/aromatic N) is 1. The van der Waals surface area contributed by atoms with Gasteiger partial charge in [0, 0.05) is 7.05 Å². The summed E-state index contributed by atoms with van der Waals surface area (Å²) >= 11 is 0. The Bertz CT molecular complexity index is 532. The van der Waals surface area contributed by atoms with Crippen LogP contribution in [0.2, 0.25) is 0 Å². The first kappa shape index (κ1) is 14.4. The Balaban J connectivity index is 2.05. The predicted molar refractivity (Wildman–Crippen MR) is 72.9 cm³/mol. The molecule has 1 aliphatic rings. The smallest absolute Gasteiger partial charge is 0.307 e. The number of amides is 1. The molecule has 0 fully saturated rings. The lowest BCUT2D eigenvalue weighted by atomic mass is 9.82. The number of aliphatic carboxylic acids is 1. The Morgan fingerprint density at radius 2 is 1.95 bits per heavy atom. The summed E-state index contributed by atoms with van der Waals surface area (Å²) in [5.74, 6) is -0.668. The third-order valence-corrected chi connectivity index (χ3v) is 3.63. The number of hydrogen-bond acceptors (Lipinski definition) is 3. The maximum absolute atomic E-state index is 12.4. The fourth-order valence-corrected chi connectivity index (χ4v) is 2.52. The summed E-state index contributed by atoms with van der Waals surface area (Å²) in [4.78, 5) is 25.2. The van der Waals surface area contributed by atoms with Gasteiger partial charge >= 0.3 is 5.97 Å². The van der Waals surface area contributed by atoms with E-state index in [4.69, 9.17) is 4.42 Å². The fraction of sp³-hybridized carbons (Fsp3) is 0.467. The monoisotopic (exact) mass is 277 g/mol. The molecule has 5 heteroatoms. The zero-order valence-corrected chi connectivity index (χ0v) is 11.7. The van der Waals surface area contributed by atoms with E-state index in [2.05, 4.69) is 0 Å². The van der Waals surface area contributed by atoms with Gasteiger partial charge in [0.1, 0.15) is 11.5 Å². The third kappa shape index (κ3) is 3.10. The number of carbonyl (C=O) groups is 2. The molecule has 0 aliphatic heterocycles.